The van der Waals surface area contributed by atoms with Gasteiger partial charge in [-0.15, -0.1) is 0 Å². The molecule has 5 rings (SSSR count). The Morgan fingerprint density at radius 1 is 1.07 bits per heavy atom. The number of β-amino-alcohol motifs (C(OH)–C–C–N with tert-alkyl or cyclic N) is 1. The third kappa shape index (κ3) is 2.68. The maximum absolute atomic E-state index is 11.1. The summed E-state index contributed by atoms with van der Waals surface area (Å²) in [5.41, 5.74) is 8.74. The standard InChI is InChI=1S/C21H20N6O/c22-20-19-17(27(14-24-19)16-6-9-23-10-7-16)12-18(25-20)26-11-8-21(28,13-26)15-4-2-1-3-5-15/h1-7,9-10,12,14,28H,8,11,13H2,(H2,22,25). The molecule has 7 nitrogen and oxygen atoms in total. The van der Waals surface area contributed by atoms with Crippen LogP contribution in [0, 0.1) is 0 Å². The van der Waals surface area contributed by atoms with E-state index in [1.54, 1.807) is 18.7 Å². The van der Waals surface area contributed by atoms with Crippen LogP contribution in [0.4, 0.5) is 11.6 Å². The van der Waals surface area contributed by atoms with E-state index >= 15 is 0 Å². The first-order valence-corrected chi connectivity index (χ1v) is 9.21. The Labute approximate surface area is 162 Å². The number of nitrogen functional groups attached to an aromatic ring is 1. The second kappa shape index (κ2) is 6.31. The van der Waals surface area contributed by atoms with E-state index in [1.165, 1.54) is 0 Å². The summed E-state index contributed by atoms with van der Waals surface area (Å²) in [7, 11) is 0. The number of hydrogen-bond donors (Lipinski definition) is 2. The Balaban J connectivity index is 1.54. The quantitative estimate of drug-likeness (QED) is 0.574. The van der Waals surface area contributed by atoms with Crippen molar-refractivity contribution < 1.29 is 5.11 Å². The summed E-state index contributed by atoms with van der Waals surface area (Å²) < 4.78 is 1.97. The first-order chi connectivity index (χ1) is 13.6. The van der Waals surface area contributed by atoms with Crippen LogP contribution in [0.5, 0.6) is 0 Å². The van der Waals surface area contributed by atoms with E-state index in [0.717, 1.165) is 22.6 Å². The van der Waals surface area contributed by atoms with Crippen molar-refractivity contribution in [2.45, 2.75) is 12.0 Å². The number of nitrogens with two attached hydrogens (primary N) is 1. The van der Waals surface area contributed by atoms with Crippen LogP contribution >= 0.6 is 0 Å². The molecule has 28 heavy (non-hydrogen) atoms. The number of nitrogens with zero attached hydrogens (tertiary/aromatic N) is 5. The number of anilines is 2. The molecule has 3 aromatic heterocycles. The highest BCUT2D eigenvalue weighted by atomic mass is 16.3. The average Bonchev–Trinajstić information content (AvgIpc) is 3.34. The van der Waals surface area contributed by atoms with Gasteiger partial charge in [-0.3, -0.25) is 9.55 Å². The van der Waals surface area contributed by atoms with Crippen LogP contribution in [-0.2, 0) is 5.60 Å². The van der Waals surface area contributed by atoms with E-state index < -0.39 is 5.60 Å². The number of benzene rings is 1. The lowest BCUT2D eigenvalue weighted by atomic mass is 9.93. The van der Waals surface area contributed by atoms with Gasteiger partial charge < -0.3 is 15.7 Å². The molecule has 1 saturated heterocycles. The van der Waals surface area contributed by atoms with E-state index in [-0.39, 0.29) is 0 Å². The van der Waals surface area contributed by atoms with E-state index in [0.29, 0.717) is 30.8 Å². The minimum absolute atomic E-state index is 0.385. The van der Waals surface area contributed by atoms with Gasteiger partial charge in [0.15, 0.2) is 5.82 Å². The van der Waals surface area contributed by atoms with E-state index in [1.807, 2.05) is 53.1 Å². The fourth-order valence-electron chi connectivity index (χ4n) is 3.87. The van der Waals surface area contributed by atoms with E-state index in [2.05, 4.69) is 19.9 Å². The molecule has 0 saturated carbocycles. The summed E-state index contributed by atoms with van der Waals surface area (Å²) in [5, 5.41) is 11.1. The molecule has 1 atom stereocenters. The van der Waals surface area contributed by atoms with Crippen molar-refractivity contribution in [3.05, 3.63) is 72.8 Å². The van der Waals surface area contributed by atoms with Crippen LogP contribution in [0.1, 0.15) is 12.0 Å². The maximum Gasteiger partial charge on any atom is 0.154 e. The first-order valence-electron chi connectivity index (χ1n) is 9.21. The fraction of sp³-hybridized carbons (Fsp3) is 0.190. The Hall–Kier alpha value is -3.45. The summed E-state index contributed by atoms with van der Waals surface area (Å²) in [4.78, 5) is 15.1. The number of fused-ring (bicyclic) bond motifs is 1. The zero-order valence-corrected chi connectivity index (χ0v) is 15.2. The molecular weight excluding hydrogens is 352 g/mol. The van der Waals surface area contributed by atoms with Crippen molar-refractivity contribution in [1.82, 2.24) is 19.5 Å². The molecule has 7 heteroatoms. The summed E-state index contributed by atoms with van der Waals surface area (Å²) in [6, 6.07) is 15.6. The molecule has 1 fully saturated rings. The second-order valence-electron chi connectivity index (χ2n) is 7.12. The highest BCUT2D eigenvalue weighted by Gasteiger charge is 2.38. The molecule has 1 aliphatic heterocycles. The number of pyridine rings is 2. The largest absolute Gasteiger partial charge is 0.383 e. The third-order valence-electron chi connectivity index (χ3n) is 5.37. The van der Waals surface area contributed by atoms with Crippen molar-refractivity contribution in [2.75, 3.05) is 23.7 Å². The number of rotatable bonds is 3. The van der Waals surface area contributed by atoms with Gasteiger partial charge in [-0.2, -0.15) is 0 Å². The number of aliphatic hydroxyl groups is 1. The summed E-state index contributed by atoms with van der Waals surface area (Å²) in [6.45, 7) is 1.17. The number of hydrogen-bond acceptors (Lipinski definition) is 6. The maximum atomic E-state index is 11.1. The summed E-state index contributed by atoms with van der Waals surface area (Å²) in [5.74, 6) is 1.13. The SMILES string of the molecule is Nc1nc(N2CCC(O)(c3ccccc3)C2)cc2c1ncn2-c1ccncc1. The molecule has 3 N–H and O–H groups in total. The van der Waals surface area contributed by atoms with Crippen molar-refractivity contribution in [3.8, 4) is 5.69 Å². The first kappa shape index (κ1) is 16.7. The molecule has 4 aromatic rings. The molecule has 1 aromatic carbocycles. The molecule has 1 aliphatic rings. The predicted molar refractivity (Wildman–Crippen MR) is 108 cm³/mol. The minimum atomic E-state index is -0.891. The smallest absolute Gasteiger partial charge is 0.154 e. The van der Waals surface area contributed by atoms with Gasteiger partial charge in [0.2, 0.25) is 0 Å². The molecule has 0 radical (unpaired) electrons. The topological polar surface area (TPSA) is 93.1 Å². The van der Waals surface area contributed by atoms with Gasteiger partial charge in [-0.1, -0.05) is 30.3 Å². The minimum Gasteiger partial charge on any atom is -0.383 e. The average molecular weight is 372 g/mol. The van der Waals surface area contributed by atoms with Crippen LogP contribution in [0.2, 0.25) is 0 Å². The molecule has 4 heterocycles. The Bertz CT molecular complexity index is 1130. The zero-order valence-electron chi connectivity index (χ0n) is 15.2. The summed E-state index contributed by atoms with van der Waals surface area (Å²) >= 11 is 0. The lowest BCUT2D eigenvalue weighted by Crippen LogP contribution is -2.31. The van der Waals surface area contributed by atoms with Gasteiger partial charge in [-0.25, -0.2) is 9.97 Å². The highest BCUT2D eigenvalue weighted by Crippen LogP contribution is 2.35. The second-order valence-corrected chi connectivity index (χ2v) is 7.12. The van der Waals surface area contributed by atoms with Crippen LogP contribution < -0.4 is 10.6 Å². The third-order valence-corrected chi connectivity index (χ3v) is 5.37. The zero-order chi connectivity index (χ0) is 19.1. The van der Waals surface area contributed by atoms with Gasteiger partial charge in [0, 0.05) is 25.0 Å². The lowest BCUT2D eigenvalue weighted by Gasteiger charge is -2.24. The van der Waals surface area contributed by atoms with Crippen LogP contribution in [0.15, 0.2) is 67.3 Å². The van der Waals surface area contributed by atoms with E-state index in [4.69, 9.17) is 5.73 Å². The number of aromatic nitrogens is 4. The highest BCUT2D eigenvalue weighted by molar-refractivity contribution is 5.88. The van der Waals surface area contributed by atoms with Crippen molar-refractivity contribution >= 4 is 22.7 Å². The molecule has 0 spiro atoms. The Morgan fingerprint density at radius 3 is 2.64 bits per heavy atom. The summed E-state index contributed by atoms with van der Waals surface area (Å²) in [6.07, 6.45) is 5.87. The molecule has 0 amide bonds. The van der Waals surface area contributed by atoms with Crippen LogP contribution in [0.3, 0.4) is 0 Å². The molecular formula is C21H20N6O. The van der Waals surface area contributed by atoms with Gasteiger partial charge in [0.1, 0.15) is 23.3 Å². The molecule has 140 valence electrons. The normalized spacial score (nSPS) is 19.4. The predicted octanol–water partition coefficient (Wildman–Crippen LogP) is 2.50. The van der Waals surface area contributed by atoms with Crippen LogP contribution in [0.25, 0.3) is 16.7 Å². The van der Waals surface area contributed by atoms with Crippen LogP contribution in [-0.4, -0.2) is 37.7 Å². The van der Waals surface area contributed by atoms with Gasteiger partial charge in [-0.05, 0) is 24.1 Å². The van der Waals surface area contributed by atoms with Crippen molar-refractivity contribution in [1.29, 1.82) is 0 Å². The fourth-order valence-corrected chi connectivity index (χ4v) is 3.87. The van der Waals surface area contributed by atoms with Gasteiger partial charge in [0.25, 0.3) is 0 Å². The lowest BCUT2D eigenvalue weighted by molar-refractivity contribution is 0.0606. The van der Waals surface area contributed by atoms with Crippen molar-refractivity contribution in [2.24, 2.45) is 0 Å². The molecule has 0 aliphatic carbocycles. The Kier molecular flexibility index (Phi) is 3.77. The monoisotopic (exact) mass is 372 g/mol. The molecule has 1 unspecified atom stereocenters. The van der Waals surface area contributed by atoms with Gasteiger partial charge in [0.05, 0.1) is 17.7 Å². The van der Waals surface area contributed by atoms with Gasteiger partial charge >= 0.3 is 0 Å². The molecule has 0 bridgehead atoms. The number of imidazole rings is 1. The Morgan fingerprint density at radius 2 is 1.86 bits per heavy atom. The van der Waals surface area contributed by atoms with Crippen molar-refractivity contribution in [3.63, 3.8) is 0 Å². The van der Waals surface area contributed by atoms with E-state index in [9.17, 15) is 5.11 Å².